The molecule has 0 aliphatic carbocycles. The zero-order valence-corrected chi connectivity index (χ0v) is 14.4. The zero-order valence-electron chi connectivity index (χ0n) is 13.5. The molecule has 0 bridgehead atoms. The van der Waals surface area contributed by atoms with Crippen molar-refractivity contribution in [2.24, 2.45) is 4.36 Å². The fraction of sp³-hybridized carbons (Fsp3) is 0.467. The summed E-state index contributed by atoms with van der Waals surface area (Å²) < 4.78 is 15.1. The lowest BCUT2D eigenvalue weighted by molar-refractivity contribution is 0.100. The highest BCUT2D eigenvalue weighted by molar-refractivity contribution is 7.92. The first kappa shape index (κ1) is 19.1. The van der Waals surface area contributed by atoms with Crippen LogP contribution in [0.5, 0.6) is 0 Å². The van der Waals surface area contributed by atoms with Gasteiger partial charge in [-0.1, -0.05) is 13.3 Å². The number of urea groups is 1. The Morgan fingerprint density at radius 2 is 1.87 bits per heavy atom. The molecule has 0 fully saturated rings. The third-order valence-electron chi connectivity index (χ3n) is 2.81. The second kappa shape index (κ2) is 8.64. The van der Waals surface area contributed by atoms with Gasteiger partial charge in [0, 0.05) is 40.0 Å². The molecule has 0 saturated carbocycles. The molecule has 1 rings (SSSR count). The normalized spacial score (nSPS) is 12.3. The molecule has 1 unspecified atom stereocenters. The maximum Gasteiger partial charge on any atom is 0.319 e. The van der Waals surface area contributed by atoms with Gasteiger partial charge in [-0.15, -0.1) is 0 Å². The molecular formula is C15H23N3O4S. The number of hydrogen-bond acceptors (Lipinski definition) is 4. The second-order valence-corrected chi connectivity index (χ2v) is 7.98. The molecular weight excluding hydrogens is 318 g/mol. The van der Waals surface area contributed by atoms with Crippen molar-refractivity contribution >= 4 is 27.4 Å². The van der Waals surface area contributed by atoms with Crippen molar-refractivity contribution in [1.82, 2.24) is 5.32 Å². The molecule has 128 valence electrons. The summed E-state index contributed by atoms with van der Waals surface area (Å²) in [7, 11) is -2.50. The number of hydrogen-bond donors (Lipinski definition) is 3. The summed E-state index contributed by atoms with van der Waals surface area (Å²) in [5, 5.41) is 14.7. The summed E-state index contributed by atoms with van der Waals surface area (Å²) in [6.45, 7) is 2.13. The van der Waals surface area contributed by atoms with Gasteiger partial charge in [0.2, 0.25) is 0 Å². The molecule has 0 heterocycles. The molecule has 0 aromatic heterocycles. The van der Waals surface area contributed by atoms with Gasteiger partial charge in [-0.05, 0) is 30.7 Å². The number of nitrogens with zero attached hydrogens (tertiary/aromatic N) is 1. The fourth-order valence-electron chi connectivity index (χ4n) is 1.77. The number of rotatable bonds is 6. The largest absolute Gasteiger partial charge is 0.391 e. The maximum absolute atomic E-state index is 11.8. The summed E-state index contributed by atoms with van der Waals surface area (Å²) in [5.74, 6) is -0.557. The van der Waals surface area contributed by atoms with Crippen molar-refractivity contribution in [2.45, 2.75) is 25.9 Å². The summed E-state index contributed by atoms with van der Waals surface area (Å²) in [6, 6.07) is 5.67. The number of benzene rings is 1. The Morgan fingerprint density at radius 3 is 2.39 bits per heavy atom. The van der Waals surface area contributed by atoms with E-state index in [-0.39, 0.29) is 6.54 Å². The van der Waals surface area contributed by atoms with Crippen molar-refractivity contribution in [3.05, 3.63) is 29.8 Å². The van der Waals surface area contributed by atoms with E-state index in [2.05, 4.69) is 15.0 Å². The van der Waals surface area contributed by atoms with Gasteiger partial charge in [-0.25, -0.2) is 9.00 Å². The van der Waals surface area contributed by atoms with Crippen molar-refractivity contribution in [2.75, 3.05) is 24.4 Å². The molecule has 0 aliphatic heterocycles. The Balaban J connectivity index is 2.59. The average Bonchev–Trinajstić information content (AvgIpc) is 2.44. The van der Waals surface area contributed by atoms with E-state index in [0.717, 1.165) is 6.42 Å². The molecule has 0 aliphatic rings. The van der Waals surface area contributed by atoms with Gasteiger partial charge in [-0.2, -0.15) is 4.36 Å². The smallest absolute Gasteiger partial charge is 0.319 e. The standard InChI is InChI=1S/C15H23N3O4S/c1-4-5-13(19)10-16-15(21)17-12-8-6-11(7-9-12)14(20)18-23(2,3)22/h6-9,13,19H,4-5,10H2,1-3H3,(H2,16,17,21). The number of anilines is 1. The van der Waals surface area contributed by atoms with Crippen LogP contribution in [0.1, 0.15) is 30.1 Å². The van der Waals surface area contributed by atoms with Crippen molar-refractivity contribution in [3.8, 4) is 0 Å². The molecule has 1 aromatic rings. The van der Waals surface area contributed by atoms with Gasteiger partial charge in [0.25, 0.3) is 5.91 Å². The van der Waals surface area contributed by atoms with Crippen LogP contribution >= 0.6 is 0 Å². The van der Waals surface area contributed by atoms with Crippen LogP contribution in [-0.2, 0) is 9.73 Å². The Bertz CT molecular complexity index is 656. The third-order valence-corrected chi connectivity index (χ3v) is 3.42. The highest BCUT2D eigenvalue weighted by atomic mass is 32.2. The predicted molar refractivity (Wildman–Crippen MR) is 91.1 cm³/mol. The van der Waals surface area contributed by atoms with E-state index in [1.807, 2.05) is 6.92 Å². The van der Waals surface area contributed by atoms with Gasteiger partial charge in [0.15, 0.2) is 0 Å². The van der Waals surface area contributed by atoms with Gasteiger partial charge in [0.05, 0.1) is 6.10 Å². The summed E-state index contributed by atoms with van der Waals surface area (Å²) >= 11 is 0. The van der Waals surface area contributed by atoms with E-state index in [4.69, 9.17) is 0 Å². The van der Waals surface area contributed by atoms with Crippen molar-refractivity contribution in [3.63, 3.8) is 0 Å². The molecule has 3 N–H and O–H groups in total. The molecule has 7 nitrogen and oxygen atoms in total. The molecule has 23 heavy (non-hydrogen) atoms. The molecule has 1 aromatic carbocycles. The third kappa shape index (κ3) is 7.75. The minimum atomic E-state index is -2.50. The van der Waals surface area contributed by atoms with Crippen LogP contribution in [0.4, 0.5) is 10.5 Å². The van der Waals surface area contributed by atoms with E-state index >= 15 is 0 Å². The lowest BCUT2D eigenvalue weighted by Gasteiger charge is -2.11. The summed E-state index contributed by atoms with van der Waals surface area (Å²) in [5.41, 5.74) is 0.795. The van der Waals surface area contributed by atoms with E-state index in [0.29, 0.717) is 17.7 Å². The number of aliphatic hydroxyl groups is 1. The first-order valence-corrected chi connectivity index (χ1v) is 9.59. The average molecular weight is 341 g/mol. The van der Waals surface area contributed by atoms with Gasteiger partial charge < -0.3 is 15.7 Å². The lowest BCUT2D eigenvalue weighted by atomic mass is 10.2. The molecule has 0 saturated heterocycles. The number of nitrogens with one attached hydrogen (secondary N) is 2. The number of carbonyl (C=O) groups is 2. The lowest BCUT2D eigenvalue weighted by Crippen LogP contribution is -2.35. The van der Waals surface area contributed by atoms with E-state index in [1.54, 1.807) is 12.1 Å². The summed E-state index contributed by atoms with van der Waals surface area (Å²) in [6.07, 6.45) is 3.67. The Kier molecular flexibility index (Phi) is 7.18. The molecule has 3 amide bonds. The van der Waals surface area contributed by atoms with Gasteiger partial charge in [-0.3, -0.25) is 4.79 Å². The van der Waals surface area contributed by atoms with E-state index in [9.17, 15) is 18.9 Å². The van der Waals surface area contributed by atoms with Crippen molar-refractivity contribution < 1.29 is 18.9 Å². The number of amides is 3. The van der Waals surface area contributed by atoms with Crippen LogP contribution in [0.25, 0.3) is 0 Å². The van der Waals surface area contributed by atoms with Crippen LogP contribution in [0.3, 0.4) is 0 Å². The SMILES string of the molecule is CCCC(O)CNC(=O)Nc1ccc(C(=O)N=S(C)(C)=O)cc1. The Hall–Kier alpha value is -1.93. The molecule has 0 radical (unpaired) electrons. The van der Waals surface area contributed by atoms with Crippen LogP contribution in [0.2, 0.25) is 0 Å². The Labute approximate surface area is 136 Å². The van der Waals surface area contributed by atoms with Crippen molar-refractivity contribution in [1.29, 1.82) is 0 Å². The monoisotopic (exact) mass is 341 g/mol. The van der Waals surface area contributed by atoms with Crippen LogP contribution in [0.15, 0.2) is 28.6 Å². The second-order valence-electron chi connectivity index (χ2n) is 5.43. The quantitative estimate of drug-likeness (QED) is 0.733. The number of carbonyl (C=O) groups excluding carboxylic acids is 2. The molecule has 0 spiro atoms. The molecule has 1 atom stereocenters. The summed E-state index contributed by atoms with van der Waals surface area (Å²) in [4.78, 5) is 23.4. The first-order chi connectivity index (χ1) is 10.7. The fourth-order valence-corrected chi connectivity index (χ4v) is 2.27. The van der Waals surface area contributed by atoms with E-state index < -0.39 is 27.8 Å². The topological polar surface area (TPSA) is 108 Å². The van der Waals surface area contributed by atoms with Gasteiger partial charge in [0.1, 0.15) is 0 Å². The van der Waals surface area contributed by atoms with Gasteiger partial charge >= 0.3 is 6.03 Å². The number of aliphatic hydroxyl groups excluding tert-OH is 1. The highest BCUT2D eigenvalue weighted by Gasteiger charge is 2.08. The van der Waals surface area contributed by atoms with Crippen LogP contribution in [0, 0.1) is 0 Å². The van der Waals surface area contributed by atoms with E-state index in [1.165, 1.54) is 24.6 Å². The Morgan fingerprint density at radius 1 is 1.26 bits per heavy atom. The first-order valence-electron chi connectivity index (χ1n) is 7.25. The highest BCUT2D eigenvalue weighted by Crippen LogP contribution is 2.11. The molecule has 8 heteroatoms. The zero-order chi connectivity index (χ0) is 17.5. The van der Waals surface area contributed by atoms with Crippen LogP contribution in [-0.4, -0.2) is 46.4 Å². The van der Waals surface area contributed by atoms with Crippen LogP contribution < -0.4 is 10.6 Å². The minimum Gasteiger partial charge on any atom is -0.391 e. The predicted octanol–water partition coefficient (Wildman–Crippen LogP) is 1.84. The maximum atomic E-state index is 11.8. The minimum absolute atomic E-state index is 0.177.